The van der Waals surface area contributed by atoms with Gasteiger partial charge >= 0.3 is 0 Å². The van der Waals surface area contributed by atoms with Crippen LogP contribution >= 0.6 is 11.6 Å². The van der Waals surface area contributed by atoms with Crippen LogP contribution in [0.2, 0.25) is 5.02 Å². The largest absolute Gasteiger partial charge is 0.383 e. The van der Waals surface area contributed by atoms with Crippen LogP contribution in [0.5, 0.6) is 0 Å². The number of hydrogen-bond acceptors (Lipinski definition) is 4. The molecular weight excluding hydrogens is 348 g/mol. The molecule has 0 aliphatic rings. The van der Waals surface area contributed by atoms with Crippen molar-refractivity contribution in [1.82, 2.24) is 9.55 Å². The molecule has 0 aliphatic heterocycles. The Morgan fingerprint density at radius 2 is 2.04 bits per heavy atom. The van der Waals surface area contributed by atoms with Gasteiger partial charge in [0.1, 0.15) is 5.82 Å². The van der Waals surface area contributed by atoms with Crippen LogP contribution in [0.4, 0.5) is 0 Å². The van der Waals surface area contributed by atoms with Crippen molar-refractivity contribution >= 4 is 21.4 Å². The Balaban J connectivity index is 2.48. The first-order valence-electron chi connectivity index (χ1n) is 7.88. The van der Waals surface area contributed by atoms with Gasteiger partial charge in [-0.25, -0.2) is 13.4 Å². The Morgan fingerprint density at radius 3 is 2.54 bits per heavy atom. The Labute approximate surface area is 148 Å². The quantitative estimate of drug-likeness (QED) is 0.744. The second kappa shape index (κ2) is 7.68. The van der Waals surface area contributed by atoms with Crippen molar-refractivity contribution in [1.29, 1.82) is 0 Å². The van der Waals surface area contributed by atoms with E-state index < -0.39 is 9.84 Å². The van der Waals surface area contributed by atoms with Crippen LogP contribution in [-0.4, -0.2) is 37.9 Å². The van der Waals surface area contributed by atoms with Gasteiger partial charge in [0.05, 0.1) is 28.3 Å². The normalized spacial score (nSPS) is 13.2. The SMILES string of the molecule is CCc1nc(-c2ccc(S(C)(=O)=O)cc2Cl)cn1C(CC)COC. The highest BCUT2D eigenvalue weighted by molar-refractivity contribution is 7.90. The molecule has 24 heavy (non-hydrogen) atoms. The summed E-state index contributed by atoms with van der Waals surface area (Å²) in [6.07, 6.45) is 4.85. The lowest BCUT2D eigenvalue weighted by Gasteiger charge is -2.17. The van der Waals surface area contributed by atoms with E-state index in [0.29, 0.717) is 11.6 Å². The number of halogens is 1. The fourth-order valence-electron chi connectivity index (χ4n) is 2.66. The number of sulfone groups is 1. The third-order valence-electron chi connectivity index (χ3n) is 3.99. The summed E-state index contributed by atoms with van der Waals surface area (Å²) in [5.41, 5.74) is 1.47. The monoisotopic (exact) mass is 370 g/mol. The molecule has 2 rings (SSSR count). The Hall–Kier alpha value is -1.37. The van der Waals surface area contributed by atoms with Gasteiger partial charge in [-0.2, -0.15) is 0 Å². The fraction of sp³-hybridized carbons (Fsp3) is 0.471. The molecule has 0 radical (unpaired) electrons. The molecule has 0 saturated heterocycles. The predicted octanol–water partition coefficient (Wildman–Crippen LogP) is 3.77. The Morgan fingerprint density at radius 1 is 1.33 bits per heavy atom. The van der Waals surface area contributed by atoms with Gasteiger partial charge in [-0.15, -0.1) is 0 Å². The van der Waals surface area contributed by atoms with Crippen LogP contribution in [0.1, 0.15) is 32.1 Å². The minimum absolute atomic E-state index is 0.206. The maximum Gasteiger partial charge on any atom is 0.175 e. The number of hydrogen-bond donors (Lipinski definition) is 0. The molecule has 1 aromatic carbocycles. The molecule has 0 amide bonds. The number of imidazole rings is 1. The molecule has 1 unspecified atom stereocenters. The second-order valence-corrected chi connectivity index (χ2v) is 8.16. The Kier molecular flexibility index (Phi) is 6.06. The van der Waals surface area contributed by atoms with E-state index in [4.69, 9.17) is 16.3 Å². The van der Waals surface area contributed by atoms with E-state index in [0.717, 1.165) is 29.9 Å². The van der Waals surface area contributed by atoms with E-state index >= 15 is 0 Å². The molecule has 1 heterocycles. The van der Waals surface area contributed by atoms with Crippen LogP contribution in [0.3, 0.4) is 0 Å². The standard InChI is InChI=1S/C17H23ClN2O3S/c1-5-12(11-23-3)20-10-16(19-17(20)6-2)14-8-7-13(9-15(14)18)24(4,21)22/h7-10,12H,5-6,11H2,1-4H3. The molecule has 2 aromatic rings. The molecule has 0 aliphatic carbocycles. The lowest BCUT2D eigenvalue weighted by Crippen LogP contribution is -2.15. The summed E-state index contributed by atoms with van der Waals surface area (Å²) in [5, 5.41) is 0.380. The highest BCUT2D eigenvalue weighted by Gasteiger charge is 2.18. The summed E-state index contributed by atoms with van der Waals surface area (Å²) in [4.78, 5) is 4.88. The fourth-order valence-corrected chi connectivity index (χ4v) is 3.65. The van der Waals surface area contributed by atoms with E-state index in [9.17, 15) is 8.42 Å². The van der Waals surface area contributed by atoms with Gasteiger partial charge < -0.3 is 9.30 Å². The first-order chi connectivity index (χ1) is 11.3. The lowest BCUT2D eigenvalue weighted by molar-refractivity contribution is 0.152. The highest BCUT2D eigenvalue weighted by atomic mass is 35.5. The van der Waals surface area contributed by atoms with Gasteiger partial charge in [-0.1, -0.05) is 25.4 Å². The zero-order chi connectivity index (χ0) is 17.9. The smallest absolute Gasteiger partial charge is 0.175 e. The summed E-state index contributed by atoms with van der Waals surface area (Å²) in [5.74, 6) is 0.956. The van der Waals surface area contributed by atoms with Crippen LogP contribution < -0.4 is 0 Å². The number of aromatic nitrogens is 2. The summed E-state index contributed by atoms with van der Waals surface area (Å²) in [6.45, 7) is 4.77. The first-order valence-corrected chi connectivity index (χ1v) is 10.1. The van der Waals surface area contributed by atoms with Crippen molar-refractivity contribution in [3.8, 4) is 11.3 Å². The van der Waals surface area contributed by atoms with Crippen LogP contribution in [0.25, 0.3) is 11.3 Å². The molecule has 1 aromatic heterocycles. The molecule has 5 nitrogen and oxygen atoms in total. The summed E-state index contributed by atoms with van der Waals surface area (Å²) in [7, 11) is -1.60. The van der Waals surface area contributed by atoms with Crippen LogP contribution in [0, 0.1) is 0 Å². The van der Waals surface area contributed by atoms with Gasteiger partial charge in [0.2, 0.25) is 0 Å². The molecule has 0 spiro atoms. The van der Waals surface area contributed by atoms with E-state index in [1.165, 1.54) is 12.3 Å². The molecule has 0 bridgehead atoms. The van der Waals surface area contributed by atoms with Crippen LogP contribution in [0.15, 0.2) is 29.3 Å². The molecule has 0 saturated carbocycles. The van der Waals surface area contributed by atoms with E-state index in [1.807, 2.05) is 6.20 Å². The molecule has 7 heteroatoms. The first kappa shape index (κ1) is 19.0. The molecule has 0 N–H and O–H groups in total. The summed E-state index contributed by atoms with van der Waals surface area (Å²) >= 11 is 6.31. The van der Waals surface area contributed by atoms with E-state index in [1.54, 1.807) is 19.2 Å². The number of benzene rings is 1. The minimum Gasteiger partial charge on any atom is -0.383 e. The van der Waals surface area contributed by atoms with Gasteiger partial charge in [0.15, 0.2) is 9.84 Å². The lowest BCUT2D eigenvalue weighted by atomic mass is 10.1. The maximum atomic E-state index is 11.6. The predicted molar refractivity (Wildman–Crippen MR) is 96.4 cm³/mol. The number of aryl methyl sites for hydroxylation is 1. The maximum absolute atomic E-state index is 11.6. The number of rotatable bonds is 7. The highest BCUT2D eigenvalue weighted by Crippen LogP contribution is 2.31. The van der Waals surface area contributed by atoms with Crippen LogP contribution in [-0.2, 0) is 21.0 Å². The third-order valence-corrected chi connectivity index (χ3v) is 5.42. The van der Waals surface area contributed by atoms with Crippen molar-refractivity contribution < 1.29 is 13.2 Å². The van der Waals surface area contributed by atoms with Crippen molar-refractivity contribution in [2.45, 2.75) is 37.6 Å². The van der Waals surface area contributed by atoms with Gasteiger partial charge in [-0.3, -0.25) is 0 Å². The average Bonchev–Trinajstić information content (AvgIpc) is 2.95. The van der Waals surface area contributed by atoms with E-state index in [-0.39, 0.29) is 10.9 Å². The molecule has 0 fully saturated rings. The van der Waals surface area contributed by atoms with Crippen molar-refractivity contribution in [2.24, 2.45) is 0 Å². The van der Waals surface area contributed by atoms with Crippen molar-refractivity contribution in [2.75, 3.05) is 20.0 Å². The van der Waals surface area contributed by atoms with Crippen molar-refractivity contribution in [3.63, 3.8) is 0 Å². The second-order valence-electron chi connectivity index (χ2n) is 5.73. The number of ether oxygens (including phenoxy) is 1. The number of methoxy groups -OCH3 is 1. The van der Waals surface area contributed by atoms with Gasteiger partial charge in [-0.05, 0) is 24.6 Å². The van der Waals surface area contributed by atoms with Gasteiger partial charge in [0.25, 0.3) is 0 Å². The summed E-state index contributed by atoms with van der Waals surface area (Å²) < 4.78 is 30.7. The zero-order valence-corrected chi connectivity index (χ0v) is 16.0. The molecular formula is C17H23ClN2O3S. The molecule has 132 valence electrons. The van der Waals surface area contributed by atoms with Crippen molar-refractivity contribution in [3.05, 3.63) is 35.2 Å². The zero-order valence-electron chi connectivity index (χ0n) is 14.4. The Bertz CT molecular complexity index is 815. The average molecular weight is 371 g/mol. The van der Waals surface area contributed by atoms with Gasteiger partial charge in [0, 0.05) is 31.5 Å². The summed E-state index contributed by atoms with van der Waals surface area (Å²) in [6, 6.07) is 4.96. The molecule has 1 atom stereocenters. The number of nitrogens with zero attached hydrogens (tertiary/aromatic N) is 2. The van der Waals surface area contributed by atoms with E-state index in [2.05, 4.69) is 23.4 Å². The third kappa shape index (κ3) is 3.99. The topological polar surface area (TPSA) is 61.2 Å². The minimum atomic E-state index is -3.28.